The molecule has 3 N–H and O–H groups in total. The molecule has 1 amide bonds. The van der Waals surface area contributed by atoms with Gasteiger partial charge in [-0.1, -0.05) is 5.92 Å². The maximum absolute atomic E-state index is 13.0. The van der Waals surface area contributed by atoms with Crippen molar-refractivity contribution in [1.29, 1.82) is 0 Å². The van der Waals surface area contributed by atoms with Gasteiger partial charge in [0, 0.05) is 33.2 Å². The summed E-state index contributed by atoms with van der Waals surface area (Å²) in [6.45, 7) is 3.47. The molecule has 10 nitrogen and oxygen atoms in total. The van der Waals surface area contributed by atoms with Gasteiger partial charge in [0.1, 0.15) is 11.4 Å². The van der Waals surface area contributed by atoms with Gasteiger partial charge in [0.15, 0.2) is 6.29 Å². The summed E-state index contributed by atoms with van der Waals surface area (Å²) in [5.74, 6) is 1.81. The topological polar surface area (TPSA) is 110 Å². The largest absolute Gasteiger partial charge is 0.477 e. The van der Waals surface area contributed by atoms with Crippen LogP contribution in [0, 0.1) is 11.8 Å². The molecule has 1 unspecified atom stereocenters. The number of carbonyl (C=O) groups excluding carboxylic acids is 1. The second kappa shape index (κ2) is 8.48. The van der Waals surface area contributed by atoms with Crippen molar-refractivity contribution < 1.29 is 27.9 Å². The first-order chi connectivity index (χ1) is 14.6. The van der Waals surface area contributed by atoms with Crippen LogP contribution in [-0.2, 0) is 11.8 Å². The third-order valence-electron chi connectivity index (χ3n) is 5.04. The van der Waals surface area contributed by atoms with Gasteiger partial charge in [-0.2, -0.15) is 13.2 Å². The molecule has 3 heterocycles. The molecule has 31 heavy (non-hydrogen) atoms. The van der Waals surface area contributed by atoms with E-state index in [1.807, 2.05) is 5.43 Å². The molecule has 0 spiro atoms. The maximum Gasteiger partial charge on any atom is 0.472 e. The van der Waals surface area contributed by atoms with Crippen LogP contribution >= 0.6 is 0 Å². The zero-order chi connectivity index (χ0) is 22.9. The molecule has 0 radical (unpaired) electrons. The number of halogens is 3. The summed E-state index contributed by atoms with van der Waals surface area (Å²) in [7, 11) is 1.26. The summed E-state index contributed by atoms with van der Waals surface area (Å²) in [6, 6.07) is 1.07. The van der Waals surface area contributed by atoms with Gasteiger partial charge in [-0.15, -0.1) is 5.92 Å². The molecule has 1 atom stereocenters. The molecule has 168 valence electrons. The number of nitrogens with zero attached hydrogens (tertiary/aromatic N) is 4. The lowest BCUT2D eigenvalue weighted by Gasteiger charge is -2.41. The molecule has 1 aromatic heterocycles. The maximum atomic E-state index is 13.0. The average Bonchev–Trinajstić information content (AvgIpc) is 3.01. The van der Waals surface area contributed by atoms with Crippen LogP contribution in [0.2, 0.25) is 0 Å². The summed E-state index contributed by atoms with van der Waals surface area (Å²) in [5.41, 5.74) is 0.480. The zero-order valence-corrected chi connectivity index (χ0v) is 16.8. The predicted molar refractivity (Wildman–Crippen MR) is 104 cm³/mol. The molecule has 0 saturated carbocycles. The number of alkyl halides is 3. The molecule has 3 rings (SSSR count). The van der Waals surface area contributed by atoms with E-state index in [1.165, 1.54) is 11.9 Å². The lowest BCUT2D eigenvalue weighted by atomic mass is 10.2. The van der Waals surface area contributed by atoms with Crippen molar-refractivity contribution in [3.05, 3.63) is 22.1 Å². The first-order valence-electron chi connectivity index (χ1n) is 9.33. The molecule has 0 aromatic carbocycles. The van der Waals surface area contributed by atoms with Crippen molar-refractivity contribution >= 4 is 23.3 Å². The van der Waals surface area contributed by atoms with E-state index in [-0.39, 0.29) is 17.9 Å². The summed E-state index contributed by atoms with van der Waals surface area (Å²) >= 11 is 0. The van der Waals surface area contributed by atoms with Crippen LogP contribution in [0.5, 0.6) is 0 Å². The number of carboxylic acid groups (broad SMARTS) is 1. The highest BCUT2D eigenvalue weighted by atomic mass is 19.4. The van der Waals surface area contributed by atoms with E-state index in [4.69, 9.17) is 0 Å². The Morgan fingerprint density at radius 3 is 2.52 bits per heavy atom. The Kier molecular flexibility index (Phi) is 6.14. The Bertz CT molecular complexity index is 1010. The molecule has 1 fully saturated rings. The minimum atomic E-state index is -5.18. The summed E-state index contributed by atoms with van der Waals surface area (Å²) in [5, 5.41) is 13.5. The van der Waals surface area contributed by atoms with Gasteiger partial charge in [0.25, 0.3) is 5.56 Å². The Labute approximate surface area is 175 Å². The molecule has 0 aliphatic carbocycles. The lowest BCUT2D eigenvalue weighted by Crippen LogP contribution is -2.64. The number of aromatic nitrogens is 1. The van der Waals surface area contributed by atoms with E-state index in [0.29, 0.717) is 26.2 Å². The van der Waals surface area contributed by atoms with Crippen molar-refractivity contribution in [3.8, 4) is 11.8 Å². The zero-order valence-electron chi connectivity index (χ0n) is 16.8. The molecule has 2 aliphatic heterocycles. The number of nitrogens with one attached hydrogen (secondary N) is 2. The van der Waals surface area contributed by atoms with Gasteiger partial charge in [0.05, 0.1) is 12.2 Å². The minimum Gasteiger partial charge on any atom is -0.477 e. The van der Waals surface area contributed by atoms with Crippen LogP contribution in [0.3, 0.4) is 0 Å². The van der Waals surface area contributed by atoms with Gasteiger partial charge in [-0.3, -0.25) is 19.9 Å². The number of hydrazine groups is 1. The van der Waals surface area contributed by atoms with Crippen LogP contribution in [0.15, 0.2) is 10.9 Å². The molecule has 2 aliphatic rings. The molecule has 1 saturated heterocycles. The number of rotatable bonds is 4. The number of carboxylic acids is 1. The van der Waals surface area contributed by atoms with Crippen molar-refractivity contribution in [3.63, 3.8) is 0 Å². The number of hydrogen-bond acceptors (Lipinski definition) is 7. The summed E-state index contributed by atoms with van der Waals surface area (Å²) in [4.78, 5) is 39.7. The molecular formula is C18H21F3N6O4. The molecule has 13 heteroatoms. The van der Waals surface area contributed by atoms with Gasteiger partial charge < -0.3 is 19.9 Å². The average molecular weight is 442 g/mol. The third kappa shape index (κ3) is 4.17. The highest BCUT2D eigenvalue weighted by Gasteiger charge is 2.47. The van der Waals surface area contributed by atoms with Gasteiger partial charge in [0.2, 0.25) is 0 Å². The van der Waals surface area contributed by atoms with E-state index >= 15 is 0 Å². The smallest absolute Gasteiger partial charge is 0.472 e. The number of pyridine rings is 1. The normalized spacial score (nSPS) is 18.9. The highest BCUT2D eigenvalue weighted by molar-refractivity contribution is 5.91. The minimum absolute atomic E-state index is 0.0157. The van der Waals surface area contributed by atoms with Crippen LogP contribution in [0.1, 0.15) is 17.4 Å². The van der Waals surface area contributed by atoms with Crippen LogP contribution in [0.25, 0.3) is 0 Å². The number of piperazine rings is 1. The Morgan fingerprint density at radius 2 is 1.97 bits per heavy atom. The van der Waals surface area contributed by atoms with Crippen molar-refractivity contribution in [2.75, 3.05) is 42.6 Å². The van der Waals surface area contributed by atoms with Crippen LogP contribution < -0.4 is 26.2 Å². The second-order valence-electron chi connectivity index (χ2n) is 6.93. The van der Waals surface area contributed by atoms with Crippen LogP contribution in [0.4, 0.5) is 24.5 Å². The van der Waals surface area contributed by atoms with E-state index < -0.39 is 35.6 Å². The molecular weight excluding hydrogens is 421 g/mol. The Balaban J connectivity index is 2.21. The number of fused-ring (bicyclic) bond motifs is 1. The number of amides is 1. The van der Waals surface area contributed by atoms with E-state index in [2.05, 4.69) is 17.2 Å². The Morgan fingerprint density at radius 1 is 1.32 bits per heavy atom. The van der Waals surface area contributed by atoms with Crippen molar-refractivity contribution in [2.24, 2.45) is 7.05 Å². The third-order valence-corrected chi connectivity index (χ3v) is 5.04. The monoisotopic (exact) mass is 442 g/mol. The molecule has 1 aromatic rings. The number of aromatic carboxylic acids is 1. The first kappa shape index (κ1) is 22.4. The first-order valence-corrected chi connectivity index (χ1v) is 9.33. The van der Waals surface area contributed by atoms with Crippen LogP contribution in [-0.4, -0.2) is 71.6 Å². The van der Waals surface area contributed by atoms with E-state index in [0.717, 1.165) is 15.6 Å². The number of carbonyl (C=O) groups is 2. The van der Waals surface area contributed by atoms with Gasteiger partial charge >= 0.3 is 18.1 Å². The fourth-order valence-electron chi connectivity index (χ4n) is 3.60. The number of anilines is 2. The SMILES string of the molecule is CC#CCN1c2c(cc(C(=O)O)n(C)c2=O)N(NC(=O)C(F)(F)F)C1N1CCNCC1. The van der Waals surface area contributed by atoms with Crippen molar-refractivity contribution in [2.45, 2.75) is 19.4 Å². The lowest BCUT2D eigenvalue weighted by molar-refractivity contribution is -0.174. The number of hydrogen-bond donors (Lipinski definition) is 3. The fraction of sp³-hybridized carbons (Fsp3) is 0.500. The Hall–Kier alpha value is -3.24. The van der Waals surface area contributed by atoms with Crippen molar-refractivity contribution in [1.82, 2.24) is 20.2 Å². The fourth-order valence-corrected chi connectivity index (χ4v) is 3.60. The second-order valence-corrected chi connectivity index (χ2v) is 6.93. The standard InChI is InChI=1S/C18H21F3N6O4/c1-3-4-7-26-13-11(10-12(15(29)30)24(2)14(13)28)27(23-16(31)18(19,20)21)17(26)25-8-5-22-6-9-25/h10,17,22H,5-9H2,1-2H3,(H,23,31)(H,29,30). The molecule has 0 bridgehead atoms. The quantitative estimate of drug-likeness (QED) is 0.537. The summed E-state index contributed by atoms with van der Waals surface area (Å²) in [6.07, 6.45) is -6.18. The summed E-state index contributed by atoms with van der Waals surface area (Å²) < 4.78 is 40.0. The van der Waals surface area contributed by atoms with E-state index in [1.54, 1.807) is 11.8 Å². The van der Waals surface area contributed by atoms with E-state index in [9.17, 15) is 32.7 Å². The predicted octanol–water partition coefficient (Wildman–Crippen LogP) is -0.484. The van der Waals surface area contributed by atoms with Gasteiger partial charge in [-0.05, 0) is 13.0 Å². The highest BCUT2D eigenvalue weighted by Crippen LogP contribution is 2.38. The van der Waals surface area contributed by atoms with Gasteiger partial charge in [-0.25, -0.2) is 9.80 Å².